The van der Waals surface area contributed by atoms with Crippen molar-refractivity contribution >= 4 is 17.3 Å². The summed E-state index contributed by atoms with van der Waals surface area (Å²) >= 11 is 1.16. The predicted molar refractivity (Wildman–Crippen MR) is 70.5 cm³/mol. The van der Waals surface area contributed by atoms with Crippen LogP contribution in [0.4, 0.5) is 8.78 Å². The predicted octanol–water partition coefficient (Wildman–Crippen LogP) is 4.10. The standard InChI is InChI=1S/C14H12F2O2S/c1-7-4-5-9(12(16)11(7)15)10-8(2)6-19-13(10)14(17)18-3/h4-6H,1-3H3. The average molecular weight is 282 g/mol. The van der Waals surface area contributed by atoms with E-state index in [1.165, 1.54) is 26.2 Å². The van der Waals surface area contributed by atoms with Crippen molar-refractivity contribution < 1.29 is 18.3 Å². The Balaban J connectivity index is 2.69. The summed E-state index contributed by atoms with van der Waals surface area (Å²) in [5.41, 5.74) is 1.43. The molecule has 0 aliphatic heterocycles. The molecule has 0 atom stereocenters. The van der Waals surface area contributed by atoms with Gasteiger partial charge in [-0.2, -0.15) is 0 Å². The van der Waals surface area contributed by atoms with Gasteiger partial charge < -0.3 is 4.74 Å². The Hall–Kier alpha value is -1.75. The molecule has 19 heavy (non-hydrogen) atoms. The fourth-order valence-corrected chi connectivity index (χ4v) is 2.84. The van der Waals surface area contributed by atoms with Crippen LogP contribution in [0.1, 0.15) is 20.8 Å². The Morgan fingerprint density at radius 2 is 1.84 bits per heavy atom. The van der Waals surface area contributed by atoms with E-state index in [4.69, 9.17) is 0 Å². The molecule has 0 aliphatic rings. The van der Waals surface area contributed by atoms with Gasteiger partial charge in [-0.05, 0) is 30.4 Å². The van der Waals surface area contributed by atoms with Crippen molar-refractivity contribution in [3.63, 3.8) is 0 Å². The van der Waals surface area contributed by atoms with Gasteiger partial charge in [0.25, 0.3) is 0 Å². The van der Waals surface area contributed by atoms with Crippen LogP contribution in [-0.4, -0.2) is 13.1 Å². The molecule has 0 radical (unpaired) electrons. The Bertz CT molecular complexity index is 647. The summed E-state index contributed by atoms with van der Waals surface area (Å²) in [6.07, 6.45) is 0. The summed E-state index contributed by atoms with van der Waals surface area (Å²) in [7, 11) is 1.26. The van der Waals surface area contributed by atoms with Crippen LogP contribution in [0, 0.1) is 25.5 Å². The molecular formula is C14H12F2O2S. The molecule has 5 heteroatoms. The number of carbonyl (C=O) groups excluding carboxylic acids is 1. The molecule has 1 aromatic heterocycles. The van der Waals surface area contributed by atoms with Crippen LogP contribution in [0.25, 0.3) is 11.1 Å². The van der Waals surface area contributed by atoms with Crippen LogP contribution in [0.2, 0.25) is 0 Å². The van der Waals surface area contributed by atoms with Gasteiger partial charge in [0.15, 0.2) is 11.6 Å². The van der Waals surface area contributed by atoms with E-state index in [-0.39, 0.29) is 16.0 Å². The van der Waals surface area contributed by atoms with Crippen LogP contribution in [0.3, 0.4) is 0 Å². The van der Waals surface area contributed by atoms with E-state index >= 15 is 0 Å². The first-order valence-corrected chi connectivity index (χ1v) is 6.46. The van der Waals surface area contributed by atoms with Crippen LogP contribution in [-0.2, 0) is 4.74 Å². The van der Waals surface area contributed by atoms with Gasteiger partial charge in [-0.1, -0.05) is 12.1 Å². The molecule has 0 unspecified atom stereocenters. The van der Waals surface area contributed by atoms with E-state index in [0.717, 1.165) is 11.3 Å². The van der Waals surface area contributed by atoms with E-state index < -0.39 is 17.6 Å². The number of methoxy groups -OCH3 is 1. The molecule has 0 bridgehead atoms. The van der Waals surface area contributed by atoms with E-state index in [1.54, 1.807) is 12.3 Å². The summed E-state index contributed by atoms with van der Waals surface area (Å²) < 4.78 is 32.3. The van der Waals surface area contributed by atoms with Crippen LogP contribution in [0.15, 0.2) is 17.5 Å². The van der Waals surface area contributed by atoms with Gasteiger partial charge in [0.05, 0.1) is 7.11 Å². The molecule has 0 spiro atoms. The Labute approximate surface area is 113 Å². The minimum absolute atomic E-state index is 0.0854. The third-order valence-corrected chi connectivity index (χ3v) is 3.97. The highest BCUT2D eigenvalue weighted by Gasteiger charge is 2.22. The molecule has 0 saturated carbocycles. The van der Waals surface area contributed by atoms with Gasteiger partial charge >= 0.3 is 5.97 Å². The number of hydrogen-bond acceptors (Lipinski definition) is 3. The minimum atomic E-state index is -0.938. The normalized spacial score (nSPS) is 10.6. The van der Waals surface area contributed by atoms with Gasteiger partial charge in [-0.25, -0.2) is 13.6 Å². The summed E-state index contributed by atoms with van der Waals surface area (Å²) in [4.78, 5) is 11.9. The largest absolute Gasteiger partial charge is 0.465 e. The average Bonchev–Trinajstić information content (AvgIpc) is 2.77. The molecule has 0 fully saturated rings. The van der Waals surface area contributed by atoms with Crippen molar-refractivity contribution in [2.24, 2.45) is 0 Å². The lowest BCUT2D eigenvalue weighted by Gasteiger charge is -2.08. The van der Waals surface area contributed by atoms with Crippen molar-refractivity contribution in [3.05, 3.63) is 45.2 Å². The SMILES string of the molecule is COC(=O)c1scc(C)c1-c1ccc(C)c(F)c1F. The van der Waals surface area contributed by atoms with Crippen LogP contribution >= 0.6 is 11.3 Å². The van der Waals surface area contributed by atoms with Crippen molar-refractivity contribution in [1.29, 1.82) is 0 Å². The smallest absolute Gasteiger partial charge is 0.348 e. The maximum absolute atomic E-state index is 14.0. The molecule has 0 aliphatic carbocycles. The molecule has 1 aromatic carbocycles. The van der Waals surface area contributed by atoms with E-state index in [1.807, 2.05) is 0 Å². The quantitative estimate of drug-likeness (QED) is 0.775. The number of thiophene rings is 1. The molecule has 2 rings (SSSR count). The number of rotatable bonds is 2. The zero-order valence-corrected chi connectivity index (χ0v) is 11.5. The molecule has 0 saturated heterocycles. The third-order valence-electron chi connectivity index (χ3n) is 2.89. The van der Waals surface area contributed by atoms with Gasteiger partial charge in [0.1, 0.15) is 4.88 Å². The number of esters is 1. The van der Waals surface area contributed by atoms with Crippen LogP contribution < -0.4 is 0 Å². The fraction of sp³-hybridized carbons (Fsp3) is 0.214. The highest BCUT2D eigenvalue weighted by atomic mass is 32.1. The van der Waals surface area contributed by atoms with Crippen molar-refractivity contribution in [1.82, 2.24) is 0 Å². The van der Waals surface area contributed by atoms with Gasteiger partial charge in [-0.3, -0.25) is 0 Å². The first-order valence-electron chi connectivity index (χ1n) is 5.58. The second kappa shape index (κ2) is 5.09. The van der Waals surface area contributed by atoms with Crippen molar-refractivity contribution in [2.45, 2.75) is 13.8 Å². The number of carbonyl (C=O) groups is 1. The summed E-state index contributed by atoms with van der Waals surface area (Å²) in [5.74, 6) is -2.38. The Kier molecular flexibility index (Phi) is 3.66. The number of benzene rings is 1. The lowest BCUT2D eigenvalue weighted by atomic mass is 10.00. The molecule has 2 aromatic rings. The monoisotopic (exact) mass is 282 g/mol. The summed E-state index contributed by atoms with van der Waals surface area (Å²) in [5, 5.41) is 1.72. The summed E-state index contributed by atoms with van der Waals surface area (Å²) in [6.45, 7) is 3.24. The topological polar surface area (TPSA) is 26.3 Å². The molecule has 100 valence electrons. The Morgan fingerprint density at radius 3 is 2.47 bits per heavy atom. The maximum atomic E-state index is 14.0. The number of hydrogen-bond donors (Lipinski definition) is 0. The van der Waals surface area contributed by atoms with E-state index in [0.29, 0.717) is 11.1 Å². The molecular weight excluding hydrogens is 270 g/mol. The fourth-order valence-electron chi connectivity index (χ4n) is 1.86. The van der Waals surface area contributed by atoms with Crippen molar-refractivity contribution in [3.8, 4) is 11.1 Å². The minimum Gasteiger partial charge on any atom is -0.465 e. The highest BCUT2D eigenvalue weighted by Crippen LogP contribution is 2.35. The first-order chi connectivity index (χ1) is 8.97. The highest BCUT2D eigenvalue weighted by molar-refractivity contribution is 7.12. The Morgan fingerprint density at radius 1 is 1.16 bits per heavy atom. The lowest BCUT2D eigenvalue weighted by Crippen LogP contribution is -2.02. The molecule has 2 nitrogen and oxygen atoms in total. The van der Waals surface area contributed by atoms with Gasteiger partial charge in [0, 0.05) is 11.1 Å². The van der Waals surface area contributed by atoms with E-state index in [9.17, 15) is 13.6 Å². The van der Waals surface area contributed by atoms with Gasteiger partial charge in [-0.15, -0.1) is 11.3 Å². The van der Waals surface area contributed by atoms with E-state index in [2.05, 4.69) is 4.74 Å². The van der Waals surface area contributed by atoms with Crippen molar-refractivity contribution in [2.75, 3.05) is 7.11 Å². The number of aryl methyl sites for hydroxylation is 2. The first kappa shape index (κ1) is 13.7. The zero-order valence-electron chi connectivity index (χ0n) is 10.7. The second-order valence-electron chi connectivity index (χ2n) is 4.17. The van der Waals surface area contributed by atoms with Gasteiger partial charge in [0.2, 0.25) is 0 Å². The third kappa shape index (κ3) is 2.26. The molecule has 0 N–H and O–H groups in total. The number of halogens is 2. The lowest BCUT2D eigenvalue weighted by molar-refractivity contribution is 0.0607. The maximum Gasteiger partial charge on any atom is 0.348 e. The second-order valence-corrected chi connectivity index (χ2v) is 5.05. The molecule has 0 amide bonds. The van der Waals surface area contributed by atoms with Crippen LogP contribution in [0.5, 0.6) is 0 Å². The molecule has 1 heterocycles. The zero-order chi connectivity index (χ0) is 14.2. The number of ether oxygens (including phenoxy) is 1. The summed E-state index contributed by atoms with van der Waals surface area (Å²) in [6, 6.07) is 2.97.